The second kappa shape index (κ2) is 11.2. The Hall–Kier alpha value is -1.69. The molecule has 184 valence electrons. The molecule has 0 spiro atoms. The molecule has 3 N–H and O–H groups in total. The summed E-state index contributed by atoms with van der Waals surface area (Å²) in [6, 6.07) is 9.61. The second-order valence-corrected chi connectivity index (χ2v) is 10.8. The number of esters is 1. The third-order valence-corrected chi connectivity index (χ3v) is 8.80. The molecule has 3 rings (SSSR count). The van der Waals surface area contributed by atoms with Gasteiger partial charge in [0.15, 0.2) is 0 Å². The number of benzene rings is 1. The first-order valence-electron chi connectivity index (χ1n) is 12.5. The lowest BCUT2D eigenvalue weighted by Crippen LogP contribution is -2.58. The Morgan fingerprint density at radius 3 is 2.58 bits per heavy atom. The molecular weight excluding hydrogens is 416 g/mol. The van der Waals surface area contributed by atoms with Crippen LogP contribution in [-0.2, 0) is 16.0 Å². The summed E-state index contributed by atoms with van der Waals surface area (Å²) in [5.74, 6) is 0.409. The number of aliphatic hydroxyl groups is 3. The molecule has 1 aromatic rings. The minimum absolute atomic E-state index is 0.0300. The molecule has 2 aliphatic carbocycles. The molecule has 1 saturated carbocycles. The van der Waals surface area contributed by atoms with E-state index in [1.54, 1.807) is 0 Å². The normalized spacial score (nSPS) is 32.5. The van der Waals surface area contributed by atoms with Crippen molar-refractivity contribution in [2.45, 2.75) is 71.8 Å². The van der Waals surface area contributed by atoms with E-state index in [0.717, 1.165) is 43.2 Å². The van der Waals surface area contributed by atoms with Crippen molar-refractivity contribution in [3.05, 3.63) is 47.5 Å². The van der Waals surface area contributed by atoms with Gasteiger partial charge in [0.05, 0.1) is 25.7 Å². The molecule has 0 bridgehead atoms. The van der Waals surface area contributed by atoms with Gasteiger partial charge in [-0.2, -0.15) is 0 Å². The maximum Gasteiger partial charge on any atom is 0.310 e. The number of carbonyl (C=O) groups excluding carboxylic acids is 1. The summed E-state index contributed by atoms with van der Waals surface area (Å²) in [7, 11) is 0. The standard InChI is InChI=1S/C28H42O5/c1-20(13-15-29)12-14-27(2)23(19-33-26(32)16-21-8-5-4-6-9-21)17-25(31)28(3)22(18-30)10-7-11-24(27)28/h4-6,8-10,20,23-25,29-31H,7,11-19H2,1-3H3/t20-,23-,24+,25-,27-,28-/m0/s1. The molecule has 0 amide bonds. The number of fused-ring (bicyclic) bond motifs is 1. The van der Waals surface area contributed by atoms with E-state index in [2.05, 4.69) is 26.8 Å². The van der Waals surface area contributed by atoms with Crippen molar-refractivity contribution in [2.24, 2.45) is 28.6 Å². The molecule has 0 saturated heterocycles. The molecular formula is C28H42O5. The second-order valence-electron chi connectivity index (χ2n) is 10.8. The summed E-state index contributed by atoms with van der Waals surface area (Å²) in [6.45, 7) is 7.04. The third kappa shape index (κ3) is 5.52. The minimum atomic E-state index is -0.582. The molecule has 6 atom stereocenters. The molecule has 1 aromatic carbocycles. The van der Waals surface area contributed by atoms with Gasteiger partial charge in [0.25, 0.3) is 0 Å². The van der Waals surface area contributed by atoms with Crippen molar-refractivity contribution in [1.29, 1.82) is 0 Å². The number of rotatable bonds is 10. The van der Waals surface area contributed by atoms with Gasteiger partial charge in [-0.1, -0.05) is 63.6 Å². The number of hydrogen-bond donors (Lipinski definition) is 3. The molecule has 0 radical (unpaired) electrons. The smallest absolute Gasteiger partial charge is 0.310 e. The zero-order valence-electron chi connectivity index (χ0n) is 20.5. The molecule has 0 aliphatic heterocycles. The molecule has 0 heterocycles. The highest BCUT2D eigenvalue weighted by atomic mass is 16.5. The number of allylic oxidation sites excluding steroid dienone is 1. The first kappa shape index (κ1) is 25.9. The van der Waals surface area contributed by atoms with Crippen molar-refractivity contribution in [2.75, 3.05) is 19.8 Å². The van der Waals surface area contributed by atoms with Crippen LogP contribution in [0.5, 0.6) is 0 Å². The van der Waals surface area contributed by atoms with Crippen molar-refractivity contribution >= 4 is 5.97 Å². The van der Waals surface area contributed by atoms with Gasteiger partial charge >= 0.3 is 5.97 Å². The van der Waals surface area contributed by atoms with Gasteiger partial charge in [0, 0.05) is 17.9 Å². The minimum Gasteiger partial charge on any atom is -0.465 e. The van der Waals surface area contributed by atoms with Crippen molar-refractivity contribution < 1.29 is 24.9 Å². The highest BCUT2D eigenvalue weighted by molar-refractivity contribution is 5.72. The fourth-order valence-corrected chi connectivity index (χ4v) is 6.50. The van der Waals surface area contributed by atoms with Crippen LogP contribution in [0.15, 0.2) is 42.0 Å². The van der Waals surface area contributed by atoms with Gasteiger partial charge in [-0.25, -0.2) is 0 Å². The Morgan fingerprint density at radius 2 is 1.91 bits per heavy atom. The maximum absolute atomic E-state index is 12.6. The maximum atomic E-state index is 12.6. The van der Waals surface area contributed by atoms with E-state index in [1.807, 2.05) is 30.3 Å². The van der Waals surface area contributed by atoms with Crippen LogP contribution in [0.3, 0.4) is 0 Å². The summed E-state index contributed by atoms with van der Waals surface area (Å²) in [6.07, 6.45) is 6.87. The highest BCUT2D eigenvalue weighted by Crippen LogP contribution is 2.62. The van der Waals surface area contributed by atoms with E-state index in [9.17, 15) is 20.1 Å². The van der Waals surface area contributed by atoms with Gasteiger partial charge in [0.2, 0.25) is 0 Å². The Bertz CT molecular complexity index is 806. The predicted octanol–water partition coefficient (Wildman–Crippen LogP) is 4.29. The van der Waals surface area contributed by atoms with E-state index >= 15 is 0 Å². The fourth-order valence-electron chi connectivity index (χ4n) is 6.50. The first-order valence-corrected chi connectivity index (χ1v) is 12.5. The summed E-state index contributed by atoms with van der Waals surface area (Å²) in [5, 5.41) is 30.7. The average Bonchev–Trinajstić information content (AvgIpc) is 2.80. The monoisotopic (exact) mass is 458 g/mol. The Kier molecular flexibility index (Phi) is 8.76. The molecule has 2 aliphatic rings. The molecule has 1 fully saturated rings. The Labute approximate surface area is 198 Å². The van der Waals surface area contributed by atoms with Crippen LogP contribution in [-0.4, -0.2) is 47.2 Å². The summed E-state index contributed by atoms with van der Waals surface area (Å²) >= 11 is 0. The zero-order valence-corrected chi connectivity index (χ0v) is 20.5. The van der Waals surface area contributed by atoms with Crippen molar-refractivity contribution in [1.82, 2.24) is 0 Å². The van der Waals surface area contributed by atoms with Crippen LogP contribution in [0.4, 0.5) is 0 Å². The van der Waals surface area contributed by atoms with E-state index in [4.69, 9.17) is 4.74 Å². The van der Waals surface area contributed by atoms with Crippen LogP contribution in [0.1, 0.15) is 64.9 Å². The average molecular weight is 459 g/mol. The van der Waals surface area contributed by atoms with Crippen LogP contribution >= 0.6 is 0 Å². The van der Waals surface area contributed by atoms with Crippen LogP contribution in [0.2, 0.25) is 0 Å². The van der Waals surface area contributed by atoms with E-state index < -0.39 is 11.5 Å². The lowest BCUT2D eigenvalue weighted by molar-refractivity contribution is -0.163. The van der Waals surface area contributed by atoms with Crippen LogP contribution in [0, 0.1) is 28.6 Å². The number of ether oxygens (including phenoxy) is 1. The predicted molar refractivity (Wildman–Crippen MR) is 129 cm³/mol. The summed E-state index contributed by atoms with van der Waals surface area (Å²) in [4.78, 5) is 12.6. The lowest BCUT2D eigenvalue weighted by atomic mass is 9.45. The van der Waals surface area contributed by atoms with E-state index in [1.165, 1.54) is 0 Å². The summed E-state index contributed by atoms with van der Waals surface area (Å²) in [5.41, 5.74) is 1.27. The van der Waals surface area contributed by atoms with Gasteiger partial charge < -0.3 is 20.1 Å². The van der Waals surface area contributed by atoms with Gasteiger partial charge in [0.1, 0.15) is 0 Å². The number of hydrogen-bond acceptors (Lipinski definition) is 5. The highest BCUT2D eigenvalue weighted by Gasteiger charge is 2.59. The fraction of sp³-hybridized carbons (Fsp3) is 0.679. The third-order valence-electron chi connectivity index (χ3n) is 8.80. The van der Waals surface area contributed by atoms with Crippen molar-refractivity contribution in [3.63, 3.8) is 0 Å². The summed E-state index contributed by atoms with van der Waals surface area (Å²) < 4.78 is 5.80. The number of aliphatic hydroxyl groups excluding tert-OH is 3. The van der Waals surface area contributed by atoms with Crippen LogP contribution < -0.4 is 0 Å². The largest absolute Gasteiger partial charge is 0.465 e. The molecule has 0 aromatic heterocycles. The van der Waals surface area contributed by atoms with Gasteiger partial charge in [-0.3, -0.25) is 4.79 Å². The molecule has 5 heteroatoms. The van der Waals surface area contributed by atoms with E-state index in [0.29, 0.717) is 18.9 Å². The molecule has 0 unspecified atom stereocenters. The van der Waals surface area contributed by atoms with Crippen molar-refractivity contribution in [3.8, 4) is 0 Å². The zero-order chi connectivity index (χ0) is 24.1. The molecule has 33 heavy (non-hydrogen) atoms. The Morgan fingerprint density at radius 1 is 1.18 bits per heavy atom. The topological polar surface area (TPSA) is 87.0 Å². The SMILES string of the molecule is C[C@H](CCO)CC[C@@]1(C)[C@H](COC(=O)Cc2ccccc2)C[C@H](O)[C@@]2(C)C(CO)=CCC[C@H]12. The quantitative estimate of drug-likeness (QED) is 0.360. The molecule has 5 nitrogen and oxygen atoms in total. The van der Waals surface area contributed by atoms with Gasteiger partial charge in [-0.15, -0.1) is 0 Å². The Balaban J connectivity index is 1.80. The van der Waals surface area contributed by atoms with E-state index in [-0.39, 0.29) is 42.9 Å². The van der Waals surface area contributed by atoms with Gasteiger partial charge in [-0.05, 0) is 60.5 Å². The first-order chi connectivity index (χ1) is 15.8. The lowest BCUT2D eigenvalue weighted by Gasteiger charge is -2.60. The number of carbonyl (C=O) groups is 1. The van der Waals surface area contributed by atoms with Crippen LogP contribution in [0.25, 0.3) is 0 Å².